The molecule has 0 atom stereocenters. The van der Waals surface area contributed by atoms with Crippen molar-refractivity contribution in [2.75, 3.05) is 23.0 Å². The molecule has 0 spiro atoms. The molecule has 0 saturated carbocycles. The molecule has 0 aromatic heterocycles. The van der Waals surface area contributed by atoms with Gasteiger partial charge < -0.3 is 10.0 Å². The molecule has 5 rings (SSSR count). The fourth-order valence-corrected chi connectivity index (χ4v) is 4.61. The lowest BCUT2D eigenvalue weighted by molar-refractivity contribution is -0.114. The van der Waals surface area contributed by atoms with Crippen LogP contribution in [0, 0.1) is 0 Å². The van der Waals surface area contributed by atoms with E-state index in [4.69, 9.17) is 0 Å². The third-order valence-corrected chi connectivity index (χ3v) is 6.55. The van der Waals surface area contributed by atoms with E-state index in [1.165, 1.54) is 34.0 Å². The van der Waals surface area contributed by atoms with E-state index in [0.29, 0.717) is 17.0 Å². The molecular formula is C30H27N3O3. The Hall–Kier alpha value is -4.45. The van der Waals surface area contributed by atoms with Crippen LogP contribution in [0.3, 0.4) is 0 Å². The number of hydrazone groups is 1. The molecule has 0 aliphatic carbocycles. The number of carbonyl (C=O) groups is 2. The number of aromatic carboxylic acids is 1. The molecule has 0 fully saturated rings. The molecule has 0 bridgehead atoms. The summed E-state index contributed by atoms with van der Waals surface area (Å²) in [6.45, 7) is 3.77. The topological polar surface area (TPSA) is 73.2 Å². The number of amides is 1. The maximum Gasteiger partial charge on any atom is 0.335 e. The van der Waals surface area contributed by atoms with Gasteiger partial charge in [-0.1, -0.05) is 54.6 Å². The number of carboxylic acids is 1. The van der Waals surface area contributed by atoms with Crippen LogP contribution in [0.1, 0.15) is 41.3 Å². The highest BCUT2D eigenvalue weighted by Crippen LogP contribution is 2.28. The maximum atomic E-state index is 13.1. The number of benzene rings is 3. The van der Waals surface area contributed by atoms with E-state index in [9.17, 15) is 14.7 Å². The van der Waals surface area contributed by atoms with Gasteiger partial charge in [-0.05, 0) is 72.9 Å². The van der Waals surface area contributed by atoms with Gasteiger partial charge in [-0.15, -0.1) is 0 Å². The van der Waals surface area contributed by atoms with Gasteiger partial charge in [0, 0.05) is 18.8 Å². The summed E-state index contributed by atoms with van der Waals surface area (Å²) in [7, 11) is 0. The second-order valence-corrected chi connectivity index (χ2v) is 8.93. The summed E-state index contributed by atoms with van der Waals surface area (Å²) >= 11 is 0. The highest BCUT2D eigenvalue weighted by atomic mass is 16.4. The summed E-state index contributed by atoms with van der Waals surface area (Å²) in [6, 6.07) is 25.0. The summed E-state index contributed by atoms with van der Waals surface area (Å²) < 4.78 is 0. The molecule has 1 amide bonds. The van der Waals surface area contributed by atoms with Gasteiger partial charge in [-0.2, -0.15) is 10.1 Å². The van der Waals surface area contributed by atoms with E-state index in [2.05, 4.69) is 52.5 Å². The first-order chi connectivity index (χ1) is 17.5. The Balaban J connectivity index is 1.30. The van der Waals surface area contributed by atoms with Crippen LogP contribution in [0.5, 0.6) is 0 Å². The van der Waals surface area contributed by atoms with Crippen molar-refractivity contribution in [3.05, 3.63) is 107 Å². The lowest BCUT2D eigenvalue weighted by atomic mass is 9.99. The van der Waals surface area contributed by atoms with E-state index in [1.54, 1.807) is 19.1 Å². The minimum atomic E-state index is -1.04. The van der Waals surface area contributed by atoms with Gasteiger partial charge in [0.25, 0.3) is 5.91 Å². The van der Waals surface area contributed by atoms with E-state index in [1.807, 2.05) is 24.3 Å². The first kappa shape index (κ1) is 23.3. The number of carboxylic acid groups (broad SMARTS) is 1. The number of carbonyl (C=O) groups excluding carboxylic acids is 1. The Morgan fingerprint density at radius 3 is 2.44 bits per heavy atom. The van der Waals surface area contributed by atoms with Gasteiger partial charge in [-0.25, -0.2) is 4.79 Å². The number of hydrogen-bond acceptors (Lipinski definition) is 4. The van der Waals surface area contributed by atoms with Gasteiger partial charge >= 0.3 is 5.97 Å². The standard InChI is InChI=1S/C30H27N3O3/c1-21-28(29(34)33(31-21)27-11-5-7-25(20-27)30(35)36)19-22-12-14-24(15-13-22)23-8-6-17-32(18-16-23)26-9-3-2-4-10-26/h2-5,7-15,19-20H,6,16-18H2,1H3,(H,35,36)/b28-19-. The Labute approximate surface area is 210 Å². The van der Waals surface area contributed by atoms with E-state index >= 15 is 0 Å². The third kappa shape index (κ3) is 4.84. The summed E-state index contributed by atoms with van der Waals surface area (Å²) in [4.78, 5) is 26.8. The fourth-order valence-electron chi connectivity index (χ4n) is 4.61. The minimum Gasteiger partial charge on any atom is -0.478 e. The molecule has 2 heterocycles. The molecule has 0 saturated heterocycles. The molecule has 0 unspecified atom stereocenters. The molecule has 3 aromatic carbocycles. The van der Waals surface area contributed by atoms with Crippen LogP contribution in [0.25, 0.3) is 11.6 Å². The van der Waals surface area contributed by atoms with Crippen molar-refractivity contribution in [2.24, 2.45) is 5.10 Å². The predicted octanol–water partition coefficient (Wildman–Crippen LogP) is 5.87. The van der Waals surface area contributed by atoms with Crippen LogP contribution >= 0.6 is 0 Å². The van der Waals surface area contributed by atoms with Crippen LogP contribution in [0.15, 0.2) is 95.6 Å². The average Bonchev–Trinajstić information content (AvgIpc) is 3.06. The second-order valence-electron chi connectivity index (χ2n) is 8.93. The molecule has 0 radical (unpaired) electrons. The zero-order chi connectivity index (χ0) is 25.1. The molecular weight excluding hydrogens is 450 g/mol. The van der Waals surface area contributed by atoms with Gasteiger partial charge in [0.15, 0.2) is 0 Å². The maximum absolute atomic E-state index is 13.1. The van der Waals surface area contributed by atoms with Gasteiger partial charge in [0.05, 0.1) is 22.5 Å². The Bertz CT molecular complexity index is 1390. The van der Waals surface area contributed by atoms with Crippen molar-refractivity contribution in [1.29, 1.82) is 0 Å². The quantitative estimate of drug-likeness (QED) is 0.466. The summed E-state index contributed by atoms with van der Waals surface area (Å²) in [6.07, 6.45) is 6.14. The normalized spacial score (nSPS) is 17.1. The van der Waals surface area contributed by atoms with Crippen molar-refractivity contribution >= 4 is 40.6 Å². The van der Waals surface area contributed by atoms with E-state index in [-0.39, 0.29) is 11.5 Å². The lowest BCUT2D eigenvalue weighted by Crippen LogP contribution is -2.23. The van der Waals surface area contributed by atoms with E-state index < -0.39 is 5.97 Å². The first-order valence-electron chi connectivity index (χ1n) is 12.0. The molecule has 6 heteroatoms. The zero-order valence-corrected chi connectivity index (χ0v) is 20.1. The molecule has 2 aliphatic rings. The zero-order valence-electron chi connectivity index (χ0n) is 20.1. The van der Waals surface area contributed by atoms with Crippen molar-refractivity contribution in [3.63, 3.8) is 0 Å². The Morgan fingerprint density at radius 1 is 0.944 bits per heavy atom. The predicted molar refractivity (Wildman–Crippen MR) is 144 cm³/mol. The van der Waals surface area contributed by atoms with E-state index in [0.717, 1.165) is 31.5 Å². The molecule has 6 nitrogen and oxygen atoms in total. The summed E-state index contributed by atoms with van der Waals surface area (Å²) in [5.74, 6) is -1.32. The average molecular weight is 478 g/mol. The fraction of sp³-hybridized carbons (Fsp3) is 0.167. The Morgan fingerprint density at radius 2 is 1.69 bits per heavy atom. The molecule has 180 valence electrons. The highest BCUT2D eigenvalue weighted by Gasteiger charge is 2.29. The molecule has 3 aromatic rings. The van der Waals surface area contributed by atoms with Crippen LogP contribution in [-0.2, 0) is 4.79 Å². The van der Waals surface area contributed by atoms with Crippen LogP contribution < -0.4 is 9.91 Å². The van der Waals surface area contributed by atoms with Gasteiger partial charge in [0.2, 0.25) is 0 Å². The van der Waals surface area contributed by atoms with Crippen LogP contribution in [0.2, 0.25) is 0 Å². The third-order valence-electron chi connectivity index (χ3n) is 6.55. The number of rotatable bonds is 5. The highest BCUT2D eigenvalue weighted by molar-refractivity contribution is 6.32. The molecule has 1 N–H and O–H groups in total. The van der Waals surface area contributed by atoms with Crippen LogP contribution in [-0.4, -0.2) is 35.8 Å². The van der Waals surface area contributed by atoms with Crippen molar-refractivity contribution in [3.8, 4) is 0 Å². The summed E-state index contributed by atoms with van der Waals surface area (Å²) in [5.41, 5.74) is 6.35. The Kier molecular flexibility index (Phi) is 6.50. The molecule has 36 heavy (non-hydrogen) atoms. The second kappa shape index (κ2) is 10.0. The number of hydrogen-bond donors (Lipinski definition) is 1. The van der Waals surface area contributed by atoms with Gasteiger partial charge in [0.1, 0.15) is 0 Å². The van der Waals surface area contributed by atoms with Crippen molar-refractivity contribution in [1.82, 2.24) is 0 Å². The van der Waals surface area contributed by atoms with Crippen LogP contribution in [0.4, 0.5) is 11.4 Å². The summed E-state index contributed by atoms with van der Waals surface area (Å²) in [5, 5.41) is 14.9. The van der Waals surface area contributed by atoms with Gasteiger partial charge in [-0.3, -0.25) is 4.79 Å². The monoisotopic (exact) mass is 477 g/mol. The minimum absolute atomic E-state index is 0.112. The first-order valence-corrected chi connectivity index (χ1v) is 12.0. The number of para-hydroxylation sites is 1. The lowest BCUT2D eigenvalue weighted by Gasteiger charge is -2.22. The molecule has 2 aliphatic heterocycles. The smallest absolute Gasteiger partial charge is 0.335 e. The largest absolute Gasteiger partial charge is 0.478 e. The SMILES string of the molecule is CC1=NN(c2cccc(C(=O)O)c2)C(=O)/C1=C\c1ccc(C2=CCCN(c3ccccc3)CC2)cc1. The van der Waals surface area contributed by atoms with Crippen molar-refractivity contribution in [2.45, 2.75) is 19.8 Å². The number of nitrogens with zero attached hydrogens (tertiary/aromatic N) is 3. The number of anilines is 2. The van der Waals surface area contributed by atoms with Crippen molar-refractivity contribution < 1.29 is 14.7 Å².